The second-order valence-corrected chi connectivity index (χ2v) is 8.15. The first kappa shape index (κ1) is 20.6. The third-order valence-electron chi connectivity index (χ3n) is 5.93. The maximum atomic E-state index is 13.7. The Labute approximate surface area is 183 Å². The summed E-state index contributed by atoms with van der Waals surface area (Å²) in [7, 11) is 1.84. The molecule has 0 fully saturated rings. The van der Waals surface area contributed by atoms with Crippen LogP contribution in [0.2, 0.25) is 0 Å². The number of hydrogen-bond acceptors (Lipinski definition) is 3. The molecule has 1 aliphatic rings. The zero-order chi connectivity index (χ0) is 22.3. The number of carbonyl (C=O) groups excluding carboxylic acids is 2. The number of benzene rings is 3. The summed E-state index contributed by atoms with van der Waals surface area (Å²) >= 11 is 0. The van der Waals surface area contributed by atoms with Crippen LogP contribution in [0.1, 0.15) is 27.8 Å². The maximum Gasteiger partial charge on any atom is 0.282 e. The quantitative estimate of drug-likeness (QED) is 0.545. The average Bonchev–Trinajstić information content (AvgIpc) is 3.00. The van der Waals surface area contributed by atoms with Crippen molar-refractivity contribution in [1.82, 2.24) is 0 Å². The molecule has 0 atom stereocenters. The zero-order valence-corrected chi connectivity index (χ0v) is 18.6. The third-order valence-corrected chi connectivity index (χ3v) is 5.93. The Morgan fingerprint density at radius 3 is 2.06 bits per heavy atom. The maximum absolute atomic E-state index is 13.7. The van der Waals surface area contributed by atoms with Gasteiger partial charge in [-0.25, -0.2) is 4.90 Å². The molecule has 3 aromatic rings. The van der Waals surface area contributed by atoms with Gasteiger partial charge in [0.15, 0.2) is 0 Å². The molecule has 4 nitrogen and oxygen atoms in total. The number of anilines is 2. The molecule has 0 aromatic heterocycles. The summed E-state index contributed by atoms with van der Waals surface area (Å²) in [6, 6.07) is 21.3. The minimum absolute atomic E-state index is 0.294. The predicted octanol–water partition coefficient (Wildman–Crippen LogP) is 5.34. The molecule has 31 heavy (non-hydrogen) atoms. The Bertz CT molecular complexity index is 1230. The number of carbonyl (C=O) groups is 2. The van der Waals surface area contributed by atoms with Crippen LogP contribution in [0.5, 0.6) is 0 Å². The van der Waals surface area contributed by atoms with Gasteiger partial charge in [0.2, 0.25) is 0 Å². The number of hydrogen-bond donors (Lipinski definition) is 0. The van der Waals surface area contributed by atoms with Gasteiger partial charge in [0.1, 0.15) is 5.70 Å². The number of likely N-dealkylation sites (N-methyl/N-ethyl adjacent to an activating group) is 1. The highest BCUT2D eigenvalue weighted by molar-refractivity contribution is 6.46. The van der Waals surface area contributed by atoms with Crippen LogP contribution in [0.3, 0.4) is 0 Å². The van der Waals surface area contributed by atoms with Crippen LogP contribution in [0.15, 0.2) is 72.4 Å². The largest absolute Gasteiger partial charge is 0.339 e. The average molecular weight is 411 g/mol. The first-order valence-corrected chi connectivity index (χ1v) is 10.4. The number of amides is 2. The second kappa shape index (κ2) is 7.88. The Morgan fingerprint density at radius 2 is 1.42 bits per heavy atom. The highest BCUT2D eigenvalue weighted by Gasteiger charge is 2.42. The van der Waals surface area contributed by atoms with Crippen molar-refractivity contribution in [2.75, 3.05) is 16.8 Å². The first-order chi connectivity index (χ1) is 14.8. The normalized spacial score (nSPS) is 13.9. The molecule has 1 heterocycles. The fourth-order valence-electron chi connectivity index (χ4n) is 4.04. The van der Waals surface area contributed by atoms with Gasteiger partial charge < -0.3 is 4.90 Å². The van der Waals surface area contributed by atoms with Crippen LogP contribution in [-0.4, -0.2) is 18.9 Å². The van der Waals surface area contributed by atoms with Crippen molar-refractivity contribution in [2.24, 2.45) is 0 Å². The fraction of sp³-hybridized carbons (Fsp3) is 0.185. The number of aryl methyl sites for hydroxylation is 4. The number of rotatable bonds is 4. The minimum Gasteiger partial charge on any atom is -0.339 e. The van der Waals surface area contributed by atoms with Crippen molar-refractivity contribution in [1.29, 1.82) is 0 Å². The van der Waals surface area contributed by atoms with E-state index in [4.69, 9.17) is 0 Å². The van der Waals surface area contributed by atoms with E-state index in [1.165, 1.54) is 4.90 Å². The summed E-state index contributed by atoms with van der Waals surface area (Å²) < 4.78 is 0. The predicted molar refractivity (Wildman–Crippen MR) is 126 cm³/mol. The van der Waals surface area contributed by atoms with Crippen molar-refractivity contribution in [3.05, 3.63) is 100 Å². The summed E-state index contributed by atoms with van der Waals surface area (Å²) in [4.78, 5) is 30.6. The van der Waals surface area contributed by atoms with Gasteiger partial charge in [0.25, 0.3) is 11.8 Å². The van der Waals surface area contributed by atoms with E-state index in [0.717, 1.165) is 33.5 Å². The molecule has 0 N–H and O–H groups in total. The third kappa shape index (κ3) is 3.55. The van der Waals surface area contributed by atoms with Gasteiger partial charge in [0.05, 0.1) is 11.3 Å². The van der Waals surface area contributed by atoms with Gasteiger partial charge in [-0.2, -0.15) is 0 Å². The monoisotopic (exact) mass is 410 g/mol. The van der Waals surface area contributed by atoms with E-state index in [1.807, 2.05) is 106 Å². The molecule has 4 heteroatoms. The molecular weight excluding hydrogens is 384 g/mol. The van der Waals surface area contributed by atoms with Crippen LogP contribution < -0.4 is 9.80 Å². The van der Waals surface area contributed by atoms with Crippen LogP contribution in [0.4, 0.5) is 11.4 Å². The van der Waals surface area contributed by atoms with Gasteiger partial charge in [-0.1, -0.05) is 54.1 Å². The lowest BCUT2D eigenvalue weighted by atomic mass is 9.99. The zero-order valence-electron chi connectivity index (χ0n) is 18.6. The molecule has 3 aromatic carbocycles. The van der Waals surface area contributed by atoms with Crippen LogP contribution in [-0.2, 0) is 9.59 Å². The highest BCUT2D eigenvalue weighted by atomic mass is 16.2. The number of nitrogens with zero attached hydrogens (tertiary/aromatic N) is 2. The first-order valence-electron chi connectivity index (χ1n) is 10.4. The van der Waals surface area contributed by atoms with Crippen molar-refractivity contribution >= 4 is 28.8 Å². The molecular formula is C27H26N2O2. The van der Waals surface area contributed by atoms with E-state index >= 15 is 0 Å². The van der Waals surface area contributed by atoms with Gasteiger partial charge in [-0.05, 0) is 68.1 Å². The molecule has 0 spiro atoms. The summed E-state index contributed by atoms with van der Waals surface area (Å²) in [6.07, 6.45) is 0. The van der Waals surface area contributed by atoms with E-state index in [1.54, 1.807) is 0 Å². The van der Waals surface area contributed by atoms with Gasteiger partial charge in [0, 0.05) is 12.7 Å². The molecule has 0 saturated heterocycles. The fourth-order valence-corrected chi connectivity index (χ4v) is 4.04. The van der Waals surface area contributed by atoms with Gasteiger partial charge in [-0.3, -0.25) is 9.59 Å². The highest BCUT2D eigenvalue weighted by Crippen LogP contribution is 2.37. The lowest BCUT2D eigenvalue weighted by Gasteiger charge is -2.22. The minimum atomic E-state index is -0.309. The molecule has 0 saturated carbocycles. The Morgan fingerprint density at radius 1 is 0.710 bits per heavy atom. The van der Waals surface area contributed by atoms with Crippen LogP contribution >= 0.6 is 0 Å². The molecule has 0 radical (unpaired) electrons. The lowest BCUT2D eigenvalue weighted by Crippen LogP contribution is -2.34. The van der Waals surface area contributed by atoms with Gasteiger partial charge in [-0.15, -0.1) is 0 Å². The topological polar surface area (TPSA) is 40.6 Å². The van der Waals surface area contributed by atoms with E-state index in [0.29, 0.717) is 17.0 Å². The Balaban J connectivity index is 1.91. The number of para-hydroxylation sites is 1. The molecule has 156 valence electrons. The summed E-state index contributed by atoms with van der Waals surface area (Å²) in [5, 5.41) is 0. The summed E-state index contributed by atoms with van der Waals surface area (Å²) in [6.45, 7) is 7.98. The van der Waals surface area contributed by atoms with Crippen molar-refractivity contribution < 1.29 is 9.59 Å². The van der Waals surface area contributed by atoms with E-state index in [2.05, 4.69) is 0 Å². The van der Waals surface area contributed by atoms with Crippen molar-refractivity contribution in [3.8, 4) is 0 Å². The van der Waals surface area contributed by atoms with E-state index in [-0.39, 0.29) is 11.8 Å². The second-order valence-electron chi connectivity index (χ2n) is 8.15. The summed E-state index contributed by atoms with van der Waals surface area (Å²) in [5.74, 6) is -0.602. The molecule has 4 rings (SSSR count). The molecule has 0 aliphatic carbocycles. The van der Waals surface area contributed by atoms with Crippen molar-refractivity contribution in [2.45, 2.75) is 27.7 Å². The standard InChI is InChI=1S/C27H26N2O2/c1-17-11-14-23(20(4)15-17)29-26(30)24(21-13-12-18(2)19(3)16-21)25(27(29)31)28(5)22-9-7-6-8-10-22/h6-16H,1-5H3. The Kier molecular flexibility index (Phi) is 5.24. The van der Waals surface area contributed by atoms with Gasteiger partial charge >= 0.3 is 0 Å². The smallest absolute Gasteiger partial charge is 0.282 e. The molecule has 0 bridgehead atoms. The molecule has 0 unspecified atom stereocenters. The van der Waals surface area contributed by atoms with Crippen LogP contribution in [0.25, 0.3) is 5.57 Å². The van der Waals surface area contributed by atoms with Crippen molar-refractivity contribution in [3.63, 3.8) is 0 Å². The Hall–Kier alpha value is -3.66. The SMILES string of the molecule is Cc1ccc(N2C(=O)C(c3ccc(C)c(C)c3)=C(N(C)c3ccccc3)C2=O)c(C)c1. The van der Waals surface area contributed by atoms with E-state index < -0.39 is 0 Å². The van der Waals surface area contributed by atoms with Crippen LogP contribution in [0, 0.1) is 27.7 Å². The molecule has 1 aliphatic heterocycles. The number of imide groups is 1. The molecule has 2 amide bonds. The van der Waals surface area contributed by atoms with E-state index in [9.17, 15) is 9.59 Å². The lowest BCUT2D eigenvalue weighted by molar-refractivity contribution is -0.120. The summed E-state index contributed by atoms with van der Waals surface area (Å²) in [5.41, 5.74) is 7.25.